The number of Topliss-reactive ketones (excluding diaryl/α,β-unsaturated/α-hetero) is 1. The average molecular weight is 693 g/mol. The zero-order valence-electron chi connectivity index (χ0n) is 24.8. The molecule has 2 heterocycles. The Morgan fingerprint density at radius 3 is 2.20 bits per heavy atom. The van der Waals surface area contributed by atoms with E-state index in [1.807, 2.05) is 6.07 Å². The minimum absolute atomic E-state index is 0.0725. The van der Waals surface area contributed by atoms with E-state index >= 15 is 0 Å². The number of thiophene rings is 1. The normalized spacial score (nSPS) is 13.7. The van der Waals surface area contributed by atoms with Crippen molar-refractivity contribution in [1.82, 2.24) is 4.90 Å². The summed E-state index contributed by atoms with van der Waals surface area (Å²) in [6.07, 6.45) is 0.374. The van der Waals surface area contributed by atoms with Gasteiger partial charge in [-0.3, -0.25) is 19.2 Å². The molecule has 0 saturated carbocycles. The van der Waals surface area contributed by atoms with Crippen molar-refractivity contribution in [2.75, 3.05) is 27.4 Å². The Balaban J connectivity index is 1.37. The van der Waals surface area contributed by atoms with Crippen molar-refractivity contribution < 1.29 is 48.3 Å². The van der Waals surface area contributed by atoms with Crippen LogP contribution in [0.3, 0.4) is 0 Å². The number of carboxylic acid groups (broad SMARTS) is 2. The third-order valence-electron chi connectivity index (χ3n) is 7.35. The molecule has 0 radical (unpaired) electrons. The maximum Gasteiger partial charge on any atom is 0.306 e. The fourth-order valence-corrected chi connectivity index (χ4v) is 6.45. The monoisotopic (exact) mass is 691 g/mol. The molecule has 0 aliphatic carbocycles. The summed E-state index contributed by atoms with van der Waals surface area (Å²) >= 11 is 4.90. The van der Waals surface area contributed by atoms with Crippen molar-refractivity contribution in [3.8, 4) is 23.0 Å². The van der Waals surface area contributed by atoms with Crippen LogP contribution >= 0.6 is 27.3 Å². The van der Waals surface area contributed by atoms with Crippen molar-refractivity contribution in [2.24, 2.45) is 11.8 Å². The SMILES string of the molecule is COc1cc2sc(C(=O)CC(C)C(=O)O)cc2cc1OCCCOc1c(OC)cc2c(c1Br)CN(C(=O)CC(C)C(=O)O)C2. The fraction of sp³-hybridized carbons (Fsp3) is 0.419. The van der Waals surface area contributed by atoms with Crippen molar-refractivity contribution in [3.05, 3.63) is 44.7 Å². The molecule has 0 bridgehead atoms. The molecule has 1 aromatic heterocycles. The van der Waals surface area contributed by atoms with Gasteiger partial charge in [0.25, 0.3) is 0 Å². The van der Waals surface area contributed by atoms with Gasteiger partial charge in [0, 0.05) is 43.1 Å². The van der Waals surface area contributed by atoms with Gasteiger partial charge in [-0.1, -0.05) is 13.8 Å². The molecule has 1 aliphatic heterocycles. The van der Waals surface area contributed by atoms with Gasteiger partial charge in [0.1, 0.15) is 0 Å². The Morgan fingerprint density at radius 1 is 0.886 bits per heavy atom. The minimum Gasteiger partial charge on any atom is -0.493 e. The van der Waals surface area contributed by atoms with E-state index in [9.17, 15) is 19.2 Å². The van der Waals surface area contributed by atoms with E-state index in [2.05, 4.69) is 15.9 Å². The first-order chi connectivity index (χ1) is 20.9. The van der Waals surface area contributed by atoms with E-state index in [1.54, 1.807) is 23.1 Å². The van der Waals surface area contributed by atoms with E-state index in [0.29, 0.717) is 65.1 Å². The third kappa shape index (κ3) is 7.44. The lowest BCUT2D eigenvalue weighted by Gasteiger charge is -2.17. The molecular formula is C31H34BrNO10S. The average Bonchev–Trinajstić information content (AvgIpc) is 3.61. The first-order valence-electron chi connectivity index (χ1n) is 13.9. The predicted octanol–water partition coefficient (Wildman–Crippen LogP) is 5.78. The molecule has 13 heteroatoms. The van der Waals surface area contributed by atoms with E-state index in [1.165, 1.54) is 39.4 Å². The van der Waals surface area contributed by atoms with E-state index < -0.39 is 23.8 Å². The first-order valence-corrected chi connectivity index (χ1v) is 15.6. The maximum absolute atomic E-state index is 12.7. The smallest absolute Gasteiger partial charge is 0.306 e. The Morgan fingerprint density at radius 2 is 1.55 bits per heavy atom. The van der Waals surface area contributed by atoms with Gasteiger partial charge in [0.15, 0.2) is 28.8 Å². The highest BCUT2D eigenvalue weighted by Gasteiger charge is 2.30. The number of ether oxygens (including phenoxy) is 4. The molecule has 1 aliphatic rings. The van der Waals surface area contributed by atoms with E-state index in [-0.39, 0.29) is 24.5 Å². The molecule has 2 aromatic carbocycles. The van der Waals surface area contributed by atoms with Crippen LogP contribution in [0.1, 0.15) is 53.9 Å². The highest BCUT2D eigenvalue weighted by atomic mass is 79.9. The molecule has 4 rings (SSSR count). The summed E-state index contributed by atoms with van der Waals surface area (Å²) in [5, 5.41) is 19.1. The van der Waals surface area contributed by atoms with Gasteiger partial charge in [-0.05, 0) is 50.6 Å². The number of nitrogens with zero attached hydrogens (tertiary/aromatic N) is 1. The van der Waals surface area contributed by atoms with Crippen LogP contribution in [-0.2, 0) is 27.5 Å². The van der Waals surface area contributed by atoms with Crippen LogP contribution in [0.25, 0.3) is 10.1 Å². The quantitative estimate of drug-likeness (QED) is 0.148. The standard InChI is InChI=1S/C31H34BrNO10S/c1-16(30(36)37)8-21(34)26-12-18-10-23(22(40-3)13-25(18)44-26)42-6-5-7-43-29-24(41-4)11-19-14-33(15-20(19)28(29)32)27(35)9-17(2)31(38)39/h10-13,16-17H,5-9,14-15H2,1-4H3,(H,36,37)(H,38,39). The number of benzene rings is 2. The zero-order valence-corrected chi connectivity index (χ0v) is 27.2. The summed E-state index contributed by atoms with van der Waals surface area (Å²) in [4.78, 5) is 49.7. The number of methoxy groups -OCH3 is 2. The first kappa shape index (κ1) is 33.1. The van der Waals surface area contributed by atoms with Crippen LogP contribution in [0.15, 0.2) is 28.7 Å². The molecule has 0 spiro atoms. The van der Waals surface area contributed by atoms with Crippen molar-refractivity contribution in [1.29, 1.82) is 0 Å². The number of carbonyl (C=O) groups is 4. The van der Waals surface area contributed by atoms with Gasteiger partial charge in [0.05, 0.1) is 48.6 Å². The van der Waals surface area contributed by atoms with Crippen LogP contribution in [-0.4, -0.2) is 66.2 Å². The predicted molar refractivity (Wildman–Crippen MR) is 166 cm³/mol. The number of rotatable bonds is 15. The molecule has 2 N–H and O–H groups in total. The summed E-state index contributed by atoms with van der Waals surface area (Å²) in [5.74, 6) is -1.96. The number of ketones is 1. The lowest BCUT2D eigenvalue weighted by Crippen LogP contribution is -2.28. The number of fused-ring (bicyclic) bond motifs is 2. The molecule has 0 saturated heterocycles. The highest BCUT2D eigenvalue weighted by molar-refractivity contribution is 9.10. The second-order valence-corrected chi connectivity index (χ2v) is 12.5. The van der Waals surface area contributed by atoms with Gasteiger partial charge >= 0.3 is 11.9 Å². The van der Waals surface area contributed by atoms with Crippen LogP contribution < -0.4 is 18.9 Å². The molecule has 11 nitrogen and oxygen atoms in total. The van der Waals surface area contributed by atoms with Gasteiger partial charge in [0.2, 0.25) is 5.91 Å². The summed E-state index contributed by atoms with van der Waals surface area (Å²) in [6.45, 7) is 4.33. The Hall–Kier alpha value is -3.84. The second kappa shape index (κ2) is 14.3. The molecule has 2 unspecified atom stereocenters. The molecule has 2 atom stereocenters. The van der Waals surface area contributed by atoms with Crippen LogP contribution in [0, 0.1) is 11.8 Å². The molecule has 3 aromatic rings. The Kier molecular flexibility index (Phi) is 10.7. The molecular weight excluding hydrogens is 658 g/mol. The van der Waals surface area contributed by atoms with Crippen molar-refractivity contribution >= 4 is 61.0 Å². The summed E-state index contributed by atoms with van der Waals surface area (Å²) in [7, 11) is 3.07. The second-order valence-electron chi connectivity index (χ2n) is 10.6. The number of halogens is 1. The zero-order chi connectivity index (χ0) is 32.1. The Bertz CT molecular complexity index is 1590. The number of hydrogen-bond donors (Lipinski definition) is 2. The maximum atomic E-state index is 12.7. The molecule has 1 amide bonds. The van der Waals surface area contributed by atoms with Gasteiger partial charge in [-0.25, -0.2) is 0 Å². The highest BCUT2D eigenvalue weighted by Crippen LogP contribution is 2.43. The third-order valence-corrected chi connectivity index (χ3v) is 9.33. The lowest BCUT2D eigenvalue weighted by atomic mass is 10.0. The van der Waals surface area contributed by atoms with Gasteiger partial charge in [-0.15, -0.1) is 11.3 Å². The number of carboxylic acids is 2. The number of hydrogen-bond acceptors (Lipinski definition) is 9. The van der Waals surface area contributed by atoms with Crippen LogP contribution in [0.5, 0.6) is 23.0 Å². The molecule has 44 heavy (non-hydrogen) atoms. The summed E-state index contributed by atoms with van der Waals surface area (Å²) < 4.78 is 24.6. The van der Waals surface area contributed by atoms with Crippen molar-refractivity contribution in [3.63, 3.8) is 0 Å². The molecule has 0 fully saturated rings. The molecule has 236 valence electrons. The van der Waals surface area contributed by atoms with E-state index in [4.69, 9.17) is 29.2 Å². The van der Waals surface area contributed by atoms with Crippen LogP contribution in [0.2, 0.25) is 0 Å². The van der Waals surface area contributed by atoms with Crippen molar-refractivity contribution in [2.45, 2.75) is 46.2 Å². The summed E-state index contributed by atoms with van der Waals surface area (Å²) in [5.41, 5.74) is 1.79. The number of amides is 1. The fourth-order valence-electron chi connectivity index (χ4n) is 4.74. The lowest BCUT2D eigenvalue weighted by molar-refractivity contribution is -0.145. The van der Waals surface area contributed by atoms with Gasteiger partial charge in [-0.2, -0.15) is 0 Å². The number of carbonyl (C=O) groups excluding carboxylic acids is 2. The minimum atomic E-state index is -1.01. The van der Waals surface area contributed by atoms with E-state index in [0.717, 1.165) is 21.2 Å². The topological polar surface area (TPSA) is 149 Å². The van der Waals surface area contributed by atoms with Crippen LogP contribution in [0.4, 0.5) is 0 Å². The Labute approximate surface area is 266 Å². The van der Waals surface area contributed by atoms with Gasteiger partial charge < -0.3 is 34.1 Å². The number of aliphatic carboxylic acids is 2. The summed E-state index contributed by atoms with van der Waals surface area (Å²) in [6, 6.07) is 7.17. The largest absolute Gasteiger partial charge is 0.493 e.